The largest absolute Gasteiger partial charge is 0.308 e. The summed E-state index contributed by atoms with van der Waals surface area (Å²) in [5.41, 5.74) is 27.0. The van der Waals surface area contributed by atoms with Gasteiger partial charge < -0.3 is 13.7 Å². The lowest BCUT2D eigenvalue weighted by Crippen LogP contribution is -2.04. The predicted octanol–water partition coefficient (Wildman–Crippen LogP) is 18.7. The quantitative estimate of drug-likeness (QED) is 0.172. The Labute approximate surface area is 488 Å². The molecule has 0 N–H and O–H groups in total. The zero-order valence-corrected chi connectivity index (χ0v) is 49.7. The third-order valence-electron chi connectivity index (χ3n) is 18.2. The first-order chi connectivity index (χ1) is 40.4. The molecule has 5 heterocycles. The molecule has 7 nitrogen and oxygen atoms in total. The molecule has 0 spiro atoms. The minimum Gasteiger partial charge on any atom is -0.308 e. The van der Waals surface area contributed by atoms with Gasteiger partial charge in [0.25, 0.3) is 0 Å². The average Bonchev–Trinajstić information content (AvgIpc) is 1.53. The predicted molar refractivity (Wildman–Crippen MR) is 345 cm³/mol. The van der Waals surface area contributed by atoms with Gasteiger partial charge in [-0.1, -0.05) is 132 Å². The minimum atomic E-state index is -3.68. The zero-order chi connectivity index (χ0) is 57.7. The van der Waals surface area contributed by atoms with Crippen molar-refractivity contribution in [2.45, 2.75) is 81.9 Å². The van der Waals surface area contributed by atoms with Crippen LogP contribution < -0.4 is 0 Å². The van der Waals surface area contributed by atoms with Gasteiger partial charge in [0.1, 0.15) is 0 Å². The number of hydrogen-bond donors (Lipinski definition) is 0. The Kier molecular flexibility index (Phi) is 10.4. The van der Waals surface area contributed by atoms with Crippen molar-refractivity contribution in [1.29, 1.82) is 0 Å². The summed E-state index contributed by atoms with van der Waals surface area (Å²) in [4.78, 5) is 1.34. The van der Waals surface area contributed by atoms with E-state index in [0.29, 0.717) is 30.7 Å². The van der Waals surface area contributed by atoms with E-state index in [4.69, 9.17) is 0 Å². The summed E-state index contributed by atoms with van der Waals surface area (Å²) < 4.78 is 63.7. The molecule has 11 aromatic carbocycles. The first-order valence-corrected chi connectivity index (χ1v) is 31.6. The highest BCUT2D eigenvalue weighted by atomic mass is 32.2. The average molecular weight is 1130 g/mol. The van der Waals surface area contributed by atoms with Crippen molar-refractivity contribution in [3.05, 3.63) is 232 Å². The SMILES string of the molecule is Cc1cc(C)c(-n2c3ccccc3c3c2c2c4cc(-c5ccc6c(c5)-c5ccccc5S6(=O)=O)ccc4n(-c4c(C)cc(C)cc4C)c2c2c4cc(-c5ccc6c(c5)-c5ccccc5S6(=O)=O)ccc4n(-c4c(C)cc(C)cc4C)c32)c(C)c1. The molecule has 2 aliphatic rings. The van der Waals surface area contributed by atoms with Crippen LogP contribution in [0.3, 0.4) is 0 Å². The first kappa shape index (κ1) is 50.4. The molecule has 0 bridgehead atoms. The maximum absolute atomic E-state index is 14.0. The number of nitrogens with zero attached hydrogens (tertiary/aromatic N) is 3. The molecule has 0 radical (unpaired) electrons. The number of aromatic nitrogens is 3. The molecule has 16 rings (SSSR count). The molecule has 0 amide bonds. The van der Waals surface area contributed by atoms with Gasteiger partial charge in [-0.2, -0.15) is 0 Å². The molecule has 0 unspecified atom stereocenters. The van der Waals surface area contributed by atoms with Crippen molar-refractivity contribution >= 4 is 85.1 Å². The van der Waals surface area contributed by atoms with E-state index in [9.17, 15) is 16.8 Å². The van der Waals surface area contributed by atoms with Crippen LogP contribution in [-0.4, -0.2) is 30.5 Å². The molecule has 2 aliphatic heterocycles. The maximum Gasteiger partial charge on any atom is 0.207 e. The molecule has 3 aromatic heterocycles. The van der Waals surface area contributed by atoms with E-state index >= 15 is 0 Å². The van der Waals surface area contributed by atoms with Crippen molar-refractivity contribution in [1.82, 2.24) is 13.7 Å². The Morgan fingerprint density at radius 1 is 0.274 bits per heavy atom. The summed E-state index contributed by atoms with van der Waals surface area (Å²) in [5, 5.41) is 6.57. The van der Waals surface area contributed by atoms with Crippen molar-refractivity contribution in [3.63, 3.8) is 0 Å². The van der Waals surface area contributed by atoms with Crippen LogP contribution in [-0.2, 0) is 19.7 Å². The molecule has 408 valence electrons. The van der Waals surface area contributed by atoms with Gasteiger partial charge in [0.2, 0.25) is 19.7 Å². The first-order valence-electron chi connectivity index (χ1n) is 28.6. The smallest absolute Gasteiger partial charge is 0.207 e. The summed E-state index contributed by atoms with van der Waals surface area (Å²) in [6.07, 6.45) is 0. The molecule has 0 saturated carbocycles. The maximum atomic E-state index is 14.0. The fourth-order valence-corrected chi connectivity index (χ4v) is 18.6. The van der Waals surface area contributed by atoms with Crippen LogP contribution in [0.25, 0.3) is 127 Å². The highest BCUT2D eigenvalue weighted by Gasteiger charge is 2.36. The summed E-state index contributed by atoms with van der Waals surface area (Å²) >= 11 is 0. The second-order valence-corrected chi connectivity index (χ2v) is 27.6. The Balaban J connectivity index is 1.15. The van der Waals surface area contributed by atoms with Crippen LogP contribution >= 0.6 is 0 Å². The van der Waals surface area contributed by atoms with E-state index < -0.39 is 19.7 Å². The van der Waals surface area contributed by atoms with Crippen molar-refractivity contribution < 1.29 is 16.8 Å². The highest BCUT2D eigenvalue weighted by molar-refractivity contribution is 7.92. The van der Waals surface area contributed by atoms with Crippen LogP contribution in [0.4, 0.5) is 0 Å². The van der Waals surface area contributed by atoms with Gasteiger partial charge in [0.15, 0.2) is 0 Å². The van der Waals surface area contributed by atoms with Gasteiger partial charge in [-0.15, -0.1) is 0 Å². The summed E-state index contributed by atoms with van der Waals surface area (Å²) in [7, 11) is -7.36. The van der Waals surface area contributed by atoms with E-state index in [2.05, 4.69) is 185 Å². The number of sulfone groups is 2. The Morgan fingerprint density at radius 3 is 0.964 bits per heavy atom. The van der Waals surface area contributed by atoms with Crippen molar-refractivity contribution in [3.8, 4) is 61.6 Å². The van der Waals surface area contributed by atoms with Crippen molar-refractivity contribution in [2.24, 2.45) is 0 Å². The lowest BCUT2D eigenvalue weighted by Gasteiger charge is -2.19. The molecule has 9 heteroatoms. The Hall–Kier alpha value is -9.28. The van der Waals surface area contributed by atoms with Gasteiger partial charge in [-0.05, 0) is 185 Å². The highest BCUT2D eigenvalue weighted by Crippen LogP contribution is 2.54. The number of rotatable bonds is 5. The van der Waals surface area contributed by atoms with Gasteiger partial charge in [-0.25, -0.2) is 16.8 Å². The van der Waals surface area contributed by atoms with E-state index in [1.807, 2.05) is 36.4 Å². The van der Waals surface area contributed by atoms with Crippen LogP contribution in [0.2, 0.25) is 0 Å². The molecule has 84 heavy (non-hydrogen) atoms. The molecule has 0 fully saturated rings. The number of para-hydroxylation sites is 1. The van der Waals surface area contributed by atoms with E-state index in [0.717, 1.165) is 138 Å². The van der Waals surface area contributed by atoms with Crippen LogP contribution in [0.5, 0.6) is 0 Å². The molecular weight excluding hydrogens is 1070 g/mol. The summed E-state index contributed by atoms with van der Waals surface area (Å²) in [6.45, 7) is 19.9. The molecule has 0 saturated heterocycles. The van der Waals surface area contributed by atoms with Crippen LogP contribution in [0, 0.1) is 62.3 Å². The zero-order valence-electron chi connectivity index (χ0n) is 48.1. The fraction of sp³-hybridized carbons (Fsp3) is 0.120. The fourth-order valence-electron chi connectivity index (χ4n) is 15.3. The van der Waals surface area contributed by atoms with E-state index in [1.54, 1.807) is 36.4 Å². The number of aryl methyl sites for hydroxylation is 9. The monoisotopic (exact) mass is 1130 g/mol. The van der Waals surface area contributed by atoms with Gasteiger partial charge >= 0.3 is 0 Å². The molecule has 0 aliphatic carbocycles. The Bertz CT molecular complexity index is 5400. The Morgan fingerprint density at radius 2 is 0.571 bits per heavy atom. The number of hydrogen-bond acceptors (Lipinski definition) is 4. The second-order valence-electron chi connectivity index (χ2n) is 23.8. The summed E-state index contributed by atoms with van der Waals surface area (Å²) in [5.74, 6) is 0. The van der Waals surface area contributed by atoms with Crippen LogP contribution in [0.1, 0.15) is 50.1 Å². The third-order valence-corrected chi connectivity index (χ3v) is 22.0. The third kappa shape index (κ3) is 6.73. The lowest BCUT2D eigenvalue weighted by atomic mass is 9.96. The number of fused-ring (bicyclic) bond motifs is 18. The summed E-state index contributed by atoms with van der Waals surface area (Å²) in [6, 6.07) is 62.7. The normalized spacial score (nSPS) is 13.9. The number of benzene rings is 11. The van der Waals surface area contributed by atoms with Gasteiger partial charge in [0, 0.05) is 54.6 Å². The van der Waals surface area contributed by atoms with E-state index in [-0.39, 0.29) is 0 Å². The molecule has 0 atom stereocenters. The molecule has 14 aromatic rings. The lowest BCUT2D eigenvalue weighted by molar-refractivity contribution is 0.597. The standard InChI is InChI=1S/C75H57N3O4S2/c1-40-30-43(4)70(44(5)31-40)76-60-19-13-10-18-55(60)67-73(76)68-59-39-50(52-25-29-66-57(37-52)54-17-12-15-21-64(54)84(66,81)82)23-27-62(59)78(72-47(8)34-42(3)35-48(72)9)75(68)69-58-38-49(22-26-61(58)77(74(67)69)71-45(6)32-41(2)33-46(71)7)51-24-28-65-56(36-51)53-16-11-14-20-63(53)83(65,79)80/h10-39H,1-9H3. The van der Waals surface area contributed by atoms with Crippen LogP contribution in [0.15, 0.2) is 202 Å². The van der Waals surface area contributed by atoms with E-state index in [1.165, 1.54) is 27.8 Å². The second kappa shape index (κ2) is 17.4. The molecular formula is C75H57N3O4S2. The van der Waals surface area contributed by atoms with Crippen molar-refractivity contribution in [2.75, 3.05) is 0 Å². The topological polar surface area (TPSA) is 83.1 Å². The van der Waals surface area contributed by atoms with Gasteiger partial charge in [0.05, 0.1) is 69.7 Å². The van der Waals surface area contributed by atoms with Gasteiger partial charge in [-0.3, -0.25) is 0 Å². The minimum absolute atomic E-state index is 0.331.